The third kappa shape index (κ3) is 229. The van der Waals surface area contributed by atoms with Gasteiger partial charge in [0.2, 0.25) is 0 Å². The van der Waals surface area contributed by atoms with Gasteiger partial charge < -0.3 is 17.7 Å². The molecular formula is C2H4F3KO2S. The molecule has 0 aliphatic carbocycles. The van der Waals surface area contributed by atoms with Crippen molar-refractivity contribution in [3.63, 3.8) is 0 Å². The molecule has 7 heteroatoms. The van der Waals surface area contributed by atoms with E-state index in [1.54, 1.807) is 0 Å². The van der Waals surface area contributed by atoms with Crippen molar-refractivity contribution in [2.75, 3.05) is 6.26 Å². The van der Waals surface area contributed by atoms with Crippen molar-refractivity contribution in [2.45, 2.75) is 0 Å². The van der Waals surface area contributed by atoms with Crippen molar-refractivity contribution < 1.29 is 73.3 Å². The second-order valence-corrected chi connectivity index (χ2v) is 1.49. The molecule has 0 aromatic rings. The first-order valence-electron chi connectivity index (χ1n) is 1.32. The third-order valence-electron chi connectivity index (χ3n) is 0. The molecule has 0 aliphatic heterocycles. The summed E-state index contributed by atoms with van der Waals surface area (Å²) in [7, 11) is 0. The molecule has 0 aromatic heterocycles. The van der Waals surface area contributed by atoms with Gasteiger partial charge in [-0.15, -0.1) is 0 Å². The molecule has 0 amide bonds. The first-order chi connectivity index (χ1) is 3.46. The fourth-order valence-electron chi connectivity index (χ4n) is 0. The standard InChI is InChI=1S/CF3.CH4O2S.K/c2-1(3)4;1-4(2)3;/h;1H3,(H,2,3);/q-1;;+1. The molecule has 0 radical (unpaired) electrons. The van der Waals surface area contributed by atoms with E-state index in [9.17, 15) is 13.2 Å². The smallest absolute Gasteiger partial charge is 0.385 e. The van der Waals surface area contributed by atoms with Crippen molar-refractivity contribution in [3.05, 3.63) is 6.68 Å². The predicted octanol–water partition coefficient (Wildman–Crippen LogP) is -1.82. The molecule has 1 unspecified atom stereocenters. The molecule has 0 rings (SSSR count). The van der Waals surface area contributed by atoms with Gasteiger partial charge in [0.15, 0.2) is 6.68 Å². The Kier molecular flexibility index (Phi) is 22.9. The minimum Gasteiger partial charge on any atom is -0.385 e. The van der Waals surface area contributed by atoms with Crippen LogP contribution < -0.4 is 51.4 Å². The molecule has 2 nitrogen and oxygen atoms in total. The summed E-state index contributed by atoms with van der Waals surface area (Å²) in [6.07, 6.45) is 1.19. The molecule has 0 heterocycles. The van der Waals surface area contributed by atoms with E-state index in [2.05, 4.69) is 0 Å². The van der Waals surface area contributed by atoms with Crippen LogP contribution in [0.4, 0.5) is 13.2 Å². The third-order valence-corrected chi connectivity index (χ3v) is 0. The summed E-state index contributed by atoms with van der Waals surface area (Å²) in [5.74, 6) is 0. The van der Waals surface area contributed by atoms with Crippen LogP contribution in [0.2, 0.25) is 0 Å². The maximum atomic E-state index is 9.58. The van der Waals surface area contributed by atoms with Crippen molar-refractivity contribution in [1.82, 2.24) is 0 Å². The minimum atomic E-state index is -3.08. The summed E-state index contributed by atoms with van der Waals surface area (Å²) in [6.45, 7) is -3.08. The first-order valence-corrected chi connectivity index (χ1v) is 2.84. The molecule has 0 saturated carbocycles. The van der Waals surface area contributed by atoms with Crippen LogP contribution in [0.1, 0.15) is 0 Å². The van der Waals surface area contributed by atoms with Gasteiger partial charge in [-0.05, 0) is 0 Å². The zero-order valence-corrected chi connectivity index (χ0v) is 8.84. The van der Waals surface area contributed by atoms with Gasteiger partial charge in [0, 0.05) is 6.26 Å². The molecule has 0 bridgehead atoms. The Labute approximate surface area is 95.9 Å². The predicted molar refractivity (Wildman–Crippen MR) is 23.3 cm³/mol. The molecular weight excluding hydrogens is 184 g/mol. The van der Waals surface area contributed by atoms with Gasteiger partial charge >= 0.3 is 51.4 Å². The number of hydrogen-bond acceptors (Lipinski definition) is 1. The molecule has 9 heavy (non-hydrogen) atoms. The Balaban J connectivity index is -0.0000000720. The van der Waals surface area contributed by atoms with E-state index in [0.717, 1.165) is 0 Å². The van der Waals surface area contributed by atoms with Crippen LogP contribution in [0.3, 0.4) is 0 Å². The van der Waals surface area contributed by atoms with Gasteiger partial charge in [-0.1, -0.05) is 0 Å². The molecule has 0 aromatic carbocycles. The van der Waals surface area contributed by atoms with Gasteiger partial charge in [0.25, 0.3) is 0 Å². The van der Waals surface area contributed by atoms with Crippen molar-refractivity contribution in [2.24, 2.45) is 0 Å². The van der Waals surface area contributed by atoms with Crippen LogP contribution in [-0.2, 0) is 11.1 Å². The Morgan fingerprint density at radius 3 is 1.44 bits per heavy atom. The number of hydrogen-bond donors (Lipinski definition) is 1. The van der Waals surface area contributed by atoms with Crippen LogP contribution in [0.25, 0.3) is 0 Å². The van der Waals surface area contributed by atoms with E-state index in [0.29, 0.717) is 0 Å². The SMILES string of the molecule is CS(=O)O.F[C-](F)F.[K+]. The molecule has 1 atom stereocenters. The summed E-state index contributed by atoms with van der Waals surface area (Å²) in [6, 6.07) is 0. The average molecular weight is 188 g/mol. The zero-order chi connectivity index (χ0) is 7.15. The van der Waals surface area contributed by atoms with Gasteiger partial charge in [0.1, 0.15) is 11.1 Å². The fourth-order valence-corrected chi connectivity index (χ4v) is 0. The van der Waals surface area contributed by atoms with E-state index in [4.69, 9.17) is 8.76 Å². The Hall–Kier alpha value is 1.54. The summed E-state index contributed by atoms with van der Waals surface area (Å²) in [5.41, 5.74) is 0. The van der Waals surface area contributed by atoms with Gasteiger partial charge in [0.05, 0.1) is 0 Å². The maximum Gasteiger partial charge on any atom is 1.00 e. The molecule has 0 saturated heterocycles. The van der Waals surface area contributed by atoms with Crippen LogP contribution in [0.5, 0.6) is 0 Å². The molecule has 0 fully saturated rings. The number of rotatable bonds is 0. The molecule has 0 aliphatic rings. The summed E-state index contributed by atoms with van der Waals surface area (Å²) < 4.78 is 45.4. The molecule has 1 N–H and O–H groups in total. The monoisotopic (exact) mass is 188 g/mol. The number of halogens is 3. The normalized spacial score (nSPS) is 10.9. The van der Waals surface area contributed by atoms with E-state index in [1.807, 2.05) is 0 Å². The second-order valence-electron chi connectivity index (χ2n) is 0.638. The van der Waals surface area contributed by atoms with Crippen LogP contribution >= 0.6 is 0 Å². The largest absolute Gasteiger partial charge is 1.00 e. The first kappa shape index (κ1) is 16.9. The minimum absolute atomic E-state index is 0. The van der Waals surface area contributed by atoms with Crippen LogP contribution in [0.15, 0.2) is 0 Å². The zero-order valence-electron chi connectivity index (χ0n) is 4.90. The second kappa shape index (κ2) is 12.2. The fraction of sp³-hybridized carbons (Fsp3) is 0.500. The average Bonchev–Trinajstić information content (AvgIpc) is 1.25. The van der Waals surface area contributed by atoms with Crippen molar-refractivity contribution in [3.8, 4) is 0 Å². The Morgan fingerprint density at radius 1 is 1.44 bits per heavy atom. The van der Waals surface area contributed by atoms with E-state index in [1.165, 1.54) is 6.26 Å². The topological polar surface area (TPSA) is 37.3 Å². The summed E-state index contributed by atoms with van der Waals surface area (Å²) >= 11 is -1.61. The van der Waals surface area contributed by atoms with Crippen LogP contribution in [0, 0.1) is 6.68 Å². The Bertz CT molecular complexity index is 64.1. The van der Waals surface area contributed by atoms with E-state index in [-0.39, 0.29) is 51.4 Å². The maximum absolute atomic E-state index is 9.58. The van der Waals surface area contributed by atoms with Crippen LogP contribution in [-0.4, -0.2) is 15.0 Å². The Morgan fingerprint density at radius 2 is 1.44 bits per heavy atom. The van der Waals surface area contributed by atoms with E-state index >= 15 is 0 Å². The van der Waals surface area contributed by atoms with Gasteiger partial charge in [-0.25, -0.2) is 4.21 Å². The van der Waals surface area contributed by atoms with E-state index < -0.39 is 17.8 Å². The molecule has 52 valence electrons. The summed E-state index contributed by atoms with van der Waals surface area (Å²) in [4.78, 5) is 0. The quantitative estimate of drug-likeness (QED) is 0.276. The van der Waals surface area contributed by atoms with Crippen molar-refractivity contribution >= 4 is 11.1 Å². The van der Waals surface area contributed by atoms with Gasteiger partial charge in [-0.3, -0.25) is 0 Å². The molecule has 0 spiro atoms. The summed E-state index contributed by atoms with van der Waals surface area (Å²) in [5, 5.41) is 0. The van der Waals surface area contributed by atoms with Crippen molar-refractivity contribution in [1.29, 1.82) is 0 Å². The van der Waals surface area contributed by atoms with Gasteiger partial charge in [-0.2, -0.15) is 0 Å².